The smallest absolute Gasteiger partial charge is 0.261 e. The van der Waals surface area contributed by atoms with E-state index >= 15 is 0 Å². The fraction of sp³-hybridized carbons (Fsp3) is 0.200. The summed E-state index contributed by atoms with van der Waals surface area (Å²) < 4.78 is 5.36. The third-order valence-corrected chi connectivity index (χ3v) is 2.55. The van der Waals surface area contributed by atoms with Crippen molar-refractivity contribution in [1.29, 1.82) is 0 Å². The van der Waals surface area contributed by atoms with Gasteiger partial charge in [-0.25, -0.2) is 0 Å². The van der Waals surface area contributed by atoms with Gasteiger partial charge < -0.3 is 15.4 Å². The highest BCUT2D eigenvalue weighted by atomic mass is 16.5. The van der Waals surface area contributed by atoms with Crippen molar-refractivity contribution in [2.45, 2.75) is 0 Å². The highest BCUT2D eigenvalue weighted by molar-refractivity contribution is 5.92. The second kappa shape index (κ2) is 7.78. The molecule has 2 amide bonds. The molecule has 0 aromatic heterocycles. The molecule has 0 bridgehead atoms. The second-order valence-electron chi connectivity index (χ2n) is 4.05. The zero-order valence-electron chi connectivity index (χ0n) is 11.2. The third kappa shape index (κ3) is 4.61. The van der Waals surface area contributed by atoms with E-state index in [1.54, 1.807) is 41.3 Å². The fourth-order valence-electron chi connectivity index (χ4n) is 1.54. The first kappa shape index (κ1) is 15.5. The van der Waals surface area contributed by atoms with E-state index in [-0.39, 0.29) is 12.5 Å². The Morgan fingerprint density at radius 2 is 1.70 bits per heavy atom. The molecule has 106 valence electrons. The average molecular weight is 274 g/mol. The summed E-state index contributed by atoms with van der Waals surface area (Å²) in [6.45, 7) is 7.99. The first-order chi connectivity index (χ1) is 9.58. The fourth-order valence-corrected chi connectivity index (χ4v) is 1.54. The van der Waals surface area contributed by atoms with Crippen molar-refractivity contribution in [1.82, 2.24) is 4.90 Å². The predicted molar refractivity (Wildman–Crippen MR) is 77.4 cm³/mol. The van der Waals surface area contributed by atoms with E-state index < -0.39 is 5.91 Å². The summed E-state index contributed by atoms with van der Waals surface area (Å²) in [5.41, 5.74) is 5.53. The van der Waals surface area contributed by atoms with E-state index in [0.29, 0.717) is 24.4 Å². The van der Waals surface area contributed by atoms with Gasteiger partial charge in [-0.15, -0.1) is 13.2 Å². The molecule has 5 heteroatoms. The Balaban J connectivity index is 2.56. The maximum atomic E-state index is 11.9. The zero-order chi connectivity index (χ0) is 15.0. The molecule has 0 saturated carbocycles. The molecule has 0 radical (unpaired) electrons. The van der Waals surface area contributed by atoms with Crippen LogP contribution in [0.5, 0.6) is 5.75 Å². The van der Waals surface area contributed by atoms with Crippen LogP contribution in [-0.2, 0) is 4.79 Å². The van der Waals surface area contributed by atoms with Gasteiger partial charge in [0.15, 0.2) is 6.61 Å². The summed E-state index contributed by atoms with van der Waals surface area (Å²) in [5, 5.41) is 0. The molecule has 0 fully saturated rings. The highest BCUT2D eigenvalue weighted by Crippen LogP contribution is 2.12. The van der Waals surface area contributed by atoms with Crippen LogP contribution in [0.25, 0.3) is 0 Å². The Morgan fingerprint density at radius 3 is 2.15 bits per heavy atom. The first-order valence-corrected chi connectivity index (χ1v) is 6.10. The number of carbonyl (C=O) groups is 2. The van der Waals surface area contributed by atoms with Gasteiger partial charge in [-0.1, -0.05) is 12.2 Å². The van der Waals surface area contributed by atoms with Crippen molar-refractivity contribution in [3.05, 3.63) is 55.1 Å². The Kier molecular flexibility index (Phi) is 6.03. The molecule has 0 saturated heterocycles. The number of hydrogen-bond donors (Lipinski definition) is 1. The zero-order valence-corrected chi connectivity index (χ0v) is 11.2. The third-order valence-electron chi connectivity index (χ3n) is 2.55. The molecule has 1 aromatic carbocycles. The van der Waals surface area contributed by atoms with E-state index in [0.717, 1.165) is 0 Å². The number of primary amides is 1. The van der Waals surface area contributed by atoms with Crippen LogP contribution < -0.4 is 10.5 Å². The van der Waals surface area contributed by atoms with Crippen LogP contribution in [0.2, 0.25) is 0 Å². The number of carbonyl (C=O) groups excluding carboxylic acids is 2. The first-order valence-electron chi connectivity index (χ1n) is 6.10. The molecule has 0 spiro atoms. The number of nitrogens with zero attached hydrogens (tertiary/aromatic N) is 1. The van der Waals surface area contributed by atoms with E-state index in [1.807, 2.05) is 0 Å². The summed E-state index contributed by atoms with van der Waals surface area (Å²) >= 11 is 0. The quantitative estimate of drug-likeness (QED) is 0.728. The van der Waals surface area contributed by atoms with Gasteiger partial charge in [-0.3, -0.25) is 9.59 Å². The van der Waals surface area contributed by atoms with Crippen LogP contribution in [0.1, 0.15) is 10.4 Å². The molecule has 0 aliphatic heterocycles. The SMILES string of the molecule is C=CCN(CC=C)C(=O)COc1ccc(C(N)=O)cc1. The maximum Gasteiger partial charge on any atom is 0.261 e. The molecule has 0 atom stereocenters. The minimum Gasteiger partial charge on any atom is -0.484 e. The molecular weight excluding hydrogens is 256 g/mol. The Bertz CT molecular complexity index is 484. The molecule has 0 aliphatic carbocycles. The van der Waals surface area contributed by atoms with Gasteiger partial charge >= 0.3 is 0 Å². The minimum absolute atomic E-state index is 0.0857. The van der Waals surface area contributed by atoms with Crippen molar-refractivity contribution >= 4 is 11.8 Å². The van der Waals surface area contributed by atoms with Gasteiger partial charge in [-0.2, -0.15) is 0 Å². The number of rotatable bonds is 8. The summed E-state index contributed by atoms with van der Waals surface area (Å²) in [7, 11) is 0. The lowest BCUT2D eigenvalue weighted by atomic mass is 10.2. The van der Waals surface area contributed by atoms with Crippen LogP contribution in [0.3, 0.4) is 0 Å². The van der Waals surface area contributed by atoms with Gasteiger partial charge in [0.2, 0.25) is 5.91 Å². The second-order valence-corrected chi connectivity index (χ2v) is 4.05. The topological polar surface area (TPSA) is 72.6 Å². The summed E-state index contributed by atoms with van der Waals surface area (Å²) in [5.74, 6) is -0.167. The molecule has 1 aromatic rings. The molecule has 20 heavy (non-hydrogen) atoms. The monoisotopic (exact) mass is 274 g/mol. The van der Waals surface area contributed by atoms with E-state index in [1.165, 1.54) is 0 Å². The molecule has 5 nitrogen and oxygen atoms in total. The van der Waals surface area contributed by atoms with E-state index in [2.05, 4.69) is 13.2 Å². The molecule has 0 unspecified atom stereocenters. The van der Waals surface area contributed by atoms with Crippen molar-refractivity contribution in [3.8, 4) is 5.75 Å². The van der Waals surface area contributed by atoms with Gasteiger partial charge in [-0.05, 0) is 24.3 Å². The highest BCUT2D eigenvalue weighted by Gasteiger charge is 2.11. The largest absolute Gasteiger partial charge is 0.484 e. The number of ether oxygens (including phenoxy) is 1. The number of amides is 2. The standard InChI is InChI=1S/C15H18N2O3/c1-3-9-17(10-4-2)14(18)11-20-13-7-5-12(6-8-13)15(16)19/h3-8H,1-2,9-11H2,(H2,16,19). The normalized spacial score (nSPS) is 9.60. The number of hydrogen-bond acceptors (Lipinski definition) is 3. The Hall–Kier alpha value is -2.56. The lowest BCUT2D eigenvalue weighted by Gasteiger charge is -2.19. The molecule has 0 aliphatic rings. The van der Waals surface area contributed by atoms with Gasteiger partial charge in [0.1, 0.15) is 5.75 Å². The van der Waals surface area contributed by atoms with Gasteiger partial charge in [0.25, 0.3) is 5.91 Å². The van der Waals surface area contributed by atoms with Crippen LogP contribution in [0.15, 0.2) is 49.6 Å². The molecule has 0 heterocycles. The van der Waals surface area contributed by atoms with Gasteiger partial charge in [0, 0.05) is 18.7 Å². The van der Waals surface area contributed by atoms with Crippen molar-refractivity contribution in [2.24, 2.45) is 5.73 Å². The average Bonchev–Trinajstić information content (AvgIpc) is 2.45. The summed E-state index contributed by atoms with van der Waals surface area (Å²) in [4.78, 5) is 24.4. The lowest BCUT2D eigenvalue weighted by molar-refractivity contribution is -0.132. The minimum atomic E-state index is -0.504. The predicted octanol–water partition coefficient (Wildman–Crippen LogP) is 1.36. The van der Waals surface area contributed by atoms with Crippen LogP contribution in [-0.4, -0.2) is 36.4 Å². The van der Waals surface area contributed by atoms with Crippen LogP contribution in [0.4, 0.5) is 0 Å². The van der Waals surface area contributed by atoms with Gasteiger partial charge in [0.05, 0.1) is 0 Å². The molecular formula is C15H18N2O3. The van der Waals surface area contributed by atoms with Crippen LogP contribution in [0, 0.1) is 0 Å². The van der Waals surface area contributed by atoms with Crippen molar-refractivity contribution in [2.75, 3.05) is 19.7 Å². The molecule has 1 rings (SSSR count). The Morgan fingerprint density at radius 1 is 1.15 bits per heavy atom. The van der Waals surface area contributed by atoms with Crippen LogP contribution >= 0.6 is 0 Å². The maximum absolute atomic E-state index is 11.9. The van der Waals surface area contributed by atoms with E-state index in [4.69, 9.17) is 10.5 Å². The number of benzene rings is 1. The van der Waals surface area contributed by atoms with E-state index in [9.17, 15) is 9.59 Å². The molecule has 2 N–H and O–H groups in total. The Labute approximate surface area is 118 Å². The summed E-state index contributed by atoms with van der Waals surface area (Å²) in [6.07, 6.45) is 3.28. The lowest BCUT2D eigenvalue weighted by Crippen LogP contribution is -2.35. The van der Waals surface area contributed by atoms with Crippen molar-refractivity contribution < 1.29 is 14.3 Å². The van der Waals surface area contributed by atoms with Crippen molar-refractivity contribution in [3.63, 3.8) is 0 Å². The number of nitrogens with two attached hydrogens (primary N) is 1. The summed E-state index contributed by atoms with van der Waals surface area (Å²) in [6, 6.07) is 6.29.